The number of aromatic nitrogens is 2. The zero-order valence-electron chi connectivity index (χ0n) is 20.1. The number of likely N-dealkylation sites (tertiary alicyclic amines) is 1. The lowest BCUT2D eigenvalue weighted by atomic mass is 10.1. The third kappa shape index (κ3) is 5.67. The third-order valence-electron chi connectivity index (χ3n) is 6.56. The normalized spacial score (nSPS) is 16.8. The fraction of sp³-hybridized carbons (Fsp3) is 0.370. The number of anilines is 1. The van der Waals surface area contributed by atoms with Gasteiger partial charge in [0.25, 0.3) is 0 Å². The van der Waals surface area contributed by atoms with Gasteiger partial charge in [0.15, 0.2) is 0 Å². The molecule has 0 amide bonds. The van der Waals surface area contributed by atoms with Gasteiger partial charge in [-0.05, 0) is 81.2 Å². The Morgan fingerprint density at radius 1 is 1.00 bits per heavy atom. The molecule has 9 heteroatoms. The summed E-state index contributed by atoms with van der Waals surface area (Å²) in [5.74, 6) is 1.83. The smallest absolute Gasteiger partial charge is 0.416 e. The maximum absolute atomic E-state index is 13.0. The molecule has 2 aliphatic rings. The summed E-state index contributed by atoms with van der Waals surface area (Å²) in [5.41, 5.74) is 2.58. The molecule has 1 saturated heterocycles. The molecule has 0 atom stereocenters. The van der Waals surface area contributed by atoms with Gasteiger partial charge in [-0.1, -0.05) is 12.5 Å². The molecule has 0 spiro atoms. The standard InChI is InChI=1S/C27H28F3N5O/c1-19(33-22-7-5-6-21(15-22)27(28,29)30)35-13-10-20-14-24(8-9-25(20)35)36-26-16-23(31-18-32-26)17-34-11-3-2-4-12-34/h5-9,14-16,18H,2-4,10-13,17H2,1H3. The van der Waals surface area contributed by atoms with Crippen molar-refractivity contribution >= 4 is 17.2 Å². The van der Waals surface area contributed by atoms with Crippen molar-refractivity contribution in [2.75, 3.05) is 24.5 Å². The maximum Gasteiger partial charge on any atom is 0.416 e. The summed E-state index contributed by atoms with van der Waals surface area (Å²) in [6.07, 6.45) is 1.67. The first-order valence-electron chi connectivity index (χ1n) is 12.2. The van der Waals surface area contributed by atoms with E-state index < -0.39 is 11.7 Å². The van der Waals surface area contributed by atoms with Crippen LogP contribution in [-0.4, -0.2) is 40.3 Å². The zero-order valence-corrected chi connectivity index (χ0v) is 20.1. The number of fused-ring (bicyclic) bond motifs is 1. The first-order chi connectivity index (χ1) is 17.3. The van der Waals surface area contributed by atoms with Crippen molar-refractivity contribution in [1.29, 1.82) is 0 Å². The molecule has 3 heterocycles. The molecule has 2 aliphatic heterocycles. The molecule has 0 bridgehead atoms. The SMILES string of the molecule is CC(=Nc1cccc(C(F)(F)F)c1)N1CCc2cc(Oc3cc(CN4CCCCC4)ncn3)ccc21. The number of hydrogen-bond donors (Lipinski definition) is 0. The summed E-state index contributed by atoms with van der Waals surface area (Å²) in [5, 5.41) is 0. The minimum atomic E-state index is -4.39. The molecule has 0 aliphatic carbocycles. The molecule has 1 aromatic heterocycles. The Balaban J connectivity index is 1.28. The molecular formula is C27H28F3N5O. The summed E-state index contributed by atoms with van der Waals surface area (Å²) in [6, 6.07) is 12.8. The van der Waals surface area contributed by atoms with Gasteiger partial charge in [-0.3, -0.25) is 4.90 Å². The van der Waals surface area contributed by atoms with Crippen LogP contribution in [0.1, 0.15) is 43.0 Å². The van der Waals surface area contributed by atoms with Crippen molar-refractivity contribution in [3.8, 4) is 11.6 Å². The Morgan fingerprint density at radius 2 is 1.83 bits per heavy atom. The van der Waals surface area contributed by atoms with Crippen LogP contribution in [0.5, 0.6) is 11.6 Å². The van der Waals surface area contributed by atoms with Crippen LogP contribution in [0.15, 0.2) is 59.9 Å². The van der Waals surface area contributed by atoms with E-state index >= 15 is 0 Å². The number of alkyl halides is 3. The summed E-state index contributed by atoms with van der Waals surface area (Å²) in [7, 11) is 0. The van der Waals surface area contributed by atoms with Crippen molar-refractivity contribution in [2.24, 2.45) is 4.99 Å². The van der Waals surface area contributed by atoms with E-state index in [1.807, 2.05) is 36.1 Å². The number of benzene rings is 2. The lowest BCUT2D eigenvalue weighted by molar-refractivity contribution is -0.137. The van der Waals surface area contributed by atoms with Crippen LogP contribution in [0.4, 0.5) is 24.5 Å². The minimum absolute atomic E-state index is 0.278. The number of rotatable bonds is 5. The summed E-state index contributed by atoms with van der Waals surface area (Å²) in [4.78, 5) is 17.5. The van der Waals surface area contributed by atoms with Gasteiger partial charge in [0.05, 0.1) is 16.9 Å². The Kier molecular flexibility index (Phi) is 6.91. The average molecular weight is 496 g/mol. The van der Waals surface area contributed by atoms with E-state index in [0.29, 0.717) is 24.0 Å². The van der Waals surface area contributed by atoms with Gasteiger partial charge in [0, 0.05) is 24.8 Å². The molecule has 0 radical (unpaired) electrons. The number of piperidine rings is 1. The lowest BCUT2D eigenvalue weighted by Gasteiger charge is -2.25. The van der Waals surface area contributed by atoms with E-state index in [1.165, 1.54) is 31.7 Å². The third-order valence-corrected chi connectivity index (χ3v) is 6.56. The predicted octanol–water partition coefficient (Wildman–Crippen LogP) is 6.39. The number of halogens is 3. The van der Waals surface area contributed by atoms with Crippen molar-refractivity contribution in [2.45, 2.75) is 45.3 Å². The first kappa shape index (κ1) is 24.2. The summed E-state index contributed by atoms with van der Waals surface area (Å²) >= 11 is 0. The second kappa shape index (κ2) is 10.3. The van der Waals surface area contributed by atoms with Crippen molar-refractivity contribution in [3.05, 3.63) is 71.7 Å². The molecule has 0 N–H and O–H groups in total. The van der Waals surface area contributed by atoms with Crippen LogP contribution >= 0.6 is 0 Å². The Labute approximate surface area is 208 Å². The average Bonchev–Trinajstić information content (AvgIpc) is 3.28. The second-order valence-electron chi connectivity index (χ2n) is 9.19. The fourth-order valence-electron chi connectivity index (χ4n) is 4.76. The Morgan fingerprint density at radius 3 is 2.64 bits per heavy atom. The number of hydrogen-bond acceptors (Lipinski definition) is 5. The number of amidine groups is 1. The monoisotopic (exact) mass is 495 g/mol. The van der Waals surface area contributed by atoms with Gasteiger partial charge in [-0.25, -0.2) is 15.0 Å². The quantitative estimate of drug-likeness (QED) is 0.303. The molecule has 3 aromatic rings. The van der Waals surface area contributed by atoms with Gasteiger partial charge < -0.3 is 9.64 Å². The van der Waals surface area contributed by atoms with Crippen LogP contribution < -0.4 is 9.64 Å². The van der Waals surface area contributed by atoms with Crippen LogP contribution in [0.3, 0.4) is 0 Å². The second-order valence-corrected chi connectivity index (χ2v) is 9.19. The molecule has 6 nitrogen and oxygen atoms in total. The van der Waals surface area contributed by atoms with E-state index in [0.717, 1.165) is 55.1 Å². The van der Waals surface area contributed by atoms with Crippen LogP contribution in [0, 0.1) is 0 Å². The van der Waals surface area contributed by atoms with Crippen molar-refractivity contribution < 1.29 is 17.9 Å². The van der Waals surface area contributed by atoms with Crippen molar-refractivity contribution in [1.82, 2.24) is 14.9 Å². The number of aliphatic imine (C=N–C) groups is 1. The predicted molar refractivity (Wildman–Crippen MR) is 133 cm³/mol. The van der Waals surface area contributed by atoms with E-state index in [9.17, 15) is 13.2 Å². The highest BCUT2D eigenvalue weighted by atomic mass is 19.4. The number of nitrogens with zero attached hydrogens (tertiary/aromatic N) is 5. The van der Waals surface area contributed by atoms with E-state index in [4.69, 9.17) is 4.74 Å². The molecule has 1 fully saturated rings. The molecule has 2 aromatic carbocycles. The highest BCUT2D eigenvalue weighted by Crippen LogP contribution is 2.35. The molecule has 5 rings (SSSR count). The summed E-state index contributed by atoms with van der Waals surface area (Å²) in [6.45, 7) is 5.49. The van der Waals surface area contributed by atoms with E-state index in [1.54, 1.807) is 6.07 Å². The van der Waals surface area contributed by atoms with Gasteiger partial charge in [-0.15, -0.1) is 0 Å². The fourth-order valence-corrected chi connectivity index (χ4v) is 4.76. The van der Waals surface area contributed by atoms with Crippen LogP contribution in [-0.2, 0) is 19.1 Å². The molecule has 0 unspecified atom stereocenters. The van der Waals surface area contributed by atoms with E-state index in [-0.39, 0.29) is 5.69 Å². The van der Waals surface area contributed by atoms with Crippen LogP contribution in [0.25, 0.3) is 0 Å². The van der Waals surface area contributed by atoms with E-state index in [2.05, 4.69) is 19.9 Å². The lowest BCUT2D eigenvalue weighted by Crippen LogP contribution is -2.29. The molecular weight excluding hydrogens is 467 g/mol. The van der Waals surface area contributed by atoms with Gasteiger partial charge in [0.2, 0.25) is 5.88 Å². The Bertz CT molecular complexity index is 1250. The first-order valence-corrected chi connectivity index (χ1v) is 12.2. The van der Waals surface area contributed by atoms with Crippen molar-refractivity contribution in [3.63, 3.8) is 0 Å². The van der Waals surface area contributed by atoms with Crippen LogP contribution in [0.2, 0.25) is 0 Å². The zero-order chi connectivity index (χ0) is 25.1. The molecule has 36 heavy (non-hydrogen) atoms. The highest BCUT2D eigenvalue weighted by Gasteiger charge is 2.30. The molecule has 0 saturated carbocycles. The Hall–Kier alpha value is -3.46. The van der Waals surface area contributed by atoms with Gasteiger partial charge in [0.1, 0.15) is 17.9 Å². The largest absolute Gasteiger partial charge is 0.439 e. The minimum Gasteiger partial charge on any atom is -0.439 e. The molecule has 188 valence electrons. The topological polar surface area (TPSA) is 53.9 Å². The highest BCUT2D eigenvalue weighted by molar-refractivity contribution is 5.99. The van der Waals surface area contributed by atoms with Gasteiger partial charge in [-0.2, -0.15) is 13.2 Å². The number of ether oxygens (including phenoxy) is 1. The maximum atomic E-state index is 13.0. The van der Waals surface area contributed by atoms with Gasteiger partial charge >= 0.3 is 6.18 Å². The summed E-state index contributed by atoms with van der Waals surface area (Å²) < 4.78 is 45.2.